The molecule has 1 amide bonds. The summed E-state index contributed by atoms with van der Waals surface area (Å²) in [5.74, 6) is -0.000531. The van der Waals surface area contributed by atoms with Crippen molar-refractivity contribution in [2.75, 3.05) is 25.4 Å². The molecule has 1 aliphatic heterocycles. The van der Waals surface area contributed by atoms with E-state index in [2.05, 4.69) is 0 Å². The maximum absolute atomic E-state index is 12.9. The molecule has 0 aromatic heterocycles. The zero-order chi connectivity index (χ0) is 18.0. The van der Waals surface area contributed by atoms with E-state index >= 15 is 0 Å². The average Bonchev–Trinajstić information content (AvgIpc) is 3.06. The van der Waals surface area contributed by atoms with Crippen LogP contribution in [0.3, 0.4) is 0 Å². The number of carbonyl (C=O) groups is 1. The molecule has 0 unspecified atom stereocenters. The highest BCUT2D eigenvalue weighted by molar-refractivity contribution is 6.01. The average molecular weight is 340 g/mol. The maximum Gasteiger partial charge on any atom is 0.292 e. The van der Waals surface area contributed by atoms with Crippen molar-refractivity contribution < 1.29 is 9.72 Å². The number of hydrogen-bond acceptors (Lipinski definition) is 5. The van der Waals surface area contributed by atoms with E-state index in [1.807, 2.05) is 30.3 Å². The molecule has 1 saturated heterocycles. The summed E-state index contributed by atoms with van der Waals surface area (Å²) < 4.78 is 0. The van der Waals surface area contributed by atoms with Crippen molar-refractivity contribution >= 4 is 17.3 Å². The van der Waals surface area contributed by atoms with Crippen LogP contribution in [0.1, 0.15) is 21.8 Å². The van der Waals surface area contributed by atoms with E-state index in [9.17, 15) is 14.9 Å². The Kier molecular flexibility index (Phi) is 4.67. The van der Waals surface area contributed by atoms with Gasteiger partial charge in [-0.25, -0.2) is 0 Å². The third-order valence-corrected chi connectivity index (χ3v) is 4.77. The van der Waals surface area contributed by atoms with Crippen LogP contribution in [0.4, 0.5) is 11.4 Å². The van der Waals surface area contributed by atoms with Crippen LogP contribution >= 0.6 is 0 Å². The molecule has 1 aliphatic rings. The molecule has 4 N–H and O–H groups in total. The number of likely N-dealkylation sites (tertiary alicyclic amines) is 1. The molecule has 7 nitrogen and oxygen atoms in total. The van der Waals surface area contributed by atoms with Crippen molar-refractivity contribution in [3.05, 3.63) is 69.8 Å². The minimum absolute atomic E-state index is 0.0926. The summed E-state index contributed by atoms with van der Waals surface area (Å²) >= 11 is 0. The van der Waals surface area contributed by atoms with Crippen LogP contribution in [0, 0.1) is 16.0 Å². The van der Waals surface area contributed by atoms with Gasteiger partial charge in [0.05, 0.1) is 10.5 Å². The minimum Gasteiger partial charge on any atom is -0.393 e. The first kappa shape index (κ1) is 16.9. The predicted octanol–water partition coefficient (Wildman–Crippen LogP) is 1.99. The number of nitrogen functional groups attached to an aromatic ring is 1. The number of anilines is 1. The van der Waals surface area contributed by atoms with E-state index in [1.165, 1.54) is 18.2 Å². The third-order valence-electron chi connectivity index (χ3n) is 4.77. The molecule has 1 fully saturated rings. The number of nitrogens with zero attached hydrogens (tertiary/aromatic N) is 2. The molecular weight excluding hydrogens is 320 g/mol. The molecule has 130 valence electrons. The molecule has 2 aromatic carbocycles. The molecule has 0 bridgehead atoms. The van der Waals surface area contributed by atoms with Crippen molar-refractivity contribution in [3.8, 4) is 0 Å². The van der Waals surface area contributed by atoms with Crippen LogP contribution in [0.25, 0.3) is 0 Å². The van der Waals surface area contributed by atoms with Crippen molar-refractivity contribution in [2.24, 2.45) is 11.7 Å². The van der Waals surface area contributed by atoms with Crippen LogP contribution < -0.4 is 11.5 Å². The number of amides is 1. The van der Waals surface area contributed by atoms with E-state index in [0.29, 0.717) is 19.6 Å². The Morgan fingerprint density at radius 1 is 1.16 bits per heavy atom. The summed E-state index contributed by atoms with van der Waals surface area (Å²) in [7, 11) is 0. The van der Waals surface area contributed by atoms with Crippen molar-refractivity contribution in [2.45, 2.75) is 5.92 Å². The molecule has 0 radical (unpaired) electrons. The lowest BCUT2D eigenvalue weighted by Gasteiger charge is -2.17. The van der Waals surface area contributed by atoms with Crippen LogP contribution in [-0.2, 0) is 0 Å². The third kappa shape index (κ3) is 3.18. The molecule has 0 spiro atoms. The summed E-state index contributed by atoms with van der Waals surface area (Å²) in [4.78, 5) is 25.0. The van der Waals surface area contributed by atoms with Crippen LogP contribution in [-0.4, -0.2) is 35.4 Å². The molecule has 2 atom stereocenters. The monoisotopic (exact) mass is 340 g/mol. The van der Waals surface area contributed by atoms with Gasteiger partial charge in [-0.3, -0.25) is 14.9 Å². The summed E-state index contributed by atoms with van der Waals surface area (Å²) in [6.07, 6.45) is 0. The topological polar surface area (TPSA) is 115 Å². The van der Waals surface area contributed by atoms with Gasteiger partial charge in [0, 0.05) is 25.1 Å². The van der Waals surface area contributed by atoms with Gasteiger partial charge in [-0.2, -0.15) is 0 Å². The van der Waals surface area contributed by atoms with Crippen molar-refractivity contribution in [1.82, 2.24) is 4.90 Å². The molecule has 0 saturated carbocycles. The van der Waals surface area contributed by atoms with E-state index in [1.54, 1.807) is 4.90 Å². The van der Waals surface area contributed by atoms with Crippen LogP contribution in [0.2, 0.25) is 0 Å². The largest absolute Gasteiger partial charge is 0.393 e. The predicted molar refractivity (Wildman–Crippen MR) is 95.1 cm³/mol. The normalized spacial score (nSPS) is 19.8. The fraction of sp³-hybridized carbons (Fsp3) is 0.278. The molecule has 3 rings (SSSR count). The first-order chi connectivity index (χ1) is 12.0. The van der Waals surface area contributed by atoms with E-state index in [-0.39, 0.29) is 34.7 Å². The summed E-state index contributed by atoms with van der Waals surface area (Å²) in [5, 5.41) is 11.0. The second-order valence-electron chi connectivity index (χ2n) is 6.22. The number of nitrogens with two attached hydrogens (primary N) is 2. The molecule has 1 heterocycles. The second kappa shape index (κ2) is 6.90. The van der Waals surface area contributed by atoms with E-state index < -0.39 is 4.92 Å². The minimum atomic E-state index is -0.578. The Labute approximate surface area is 145 Å². The molecule has 7 heteroatoms. The van der Waals surface area contributed by atoms with Gasteiger partial charge in [-0.05, 0) is 24.1 Å². The lowest BCUT2D eigenvalue weighted by molar-refractivity contribution is -0.383. The fourth-order valence-electron chi connectivity index (χ4n) is 3.42. The smallest absolute Gasteiger partial charge is 0.292 e. The van der Waals surface area contributed by atoms with E-state index in [4.69, 9.17) is 11.5 Å². The van der Waals surface area contributed by atoms with Gasteiger partial charge in [-0.15, -0.1) is 0 Å². The Morgan fingerprint density at radius 3 is 2.52 bits per heavy atom. The first-order valence-electron chi connectivity index (χ1n) is 8.10. The van der Waals surface area contributed by atoms with E-state index in [0.717, 1.165) is 5.56 Å². The molecule has 2 aromatic rings. The van der Waals surface area contributed by atoms with Gasteiger partial charge in [0.15, 0.2) is 0 Å². The van der Waals surface area contributed by atoms with Gasteiger partial charge >= 0.3 is 0 Å². The Hall–Kier alpha value is -2.93. The lowest BCUT2D eigenvalue weighted by Crippen LogP contribution is -2.30. The highest BCUT2D eigenvalue weighted by Gasteiger charge is 2.36. The van der Waals surface area contributed by atoms with Crippen LogP contribution in [0.15, 0.2) is 48.5 Å². The number of para-hydroxylation sites is 1. The molecule has 0 aliphatic carbocycles. The van der Waals surface area contributed by atoms with Gasteiger partial charge < -0.3 is 16.4 Å². The number of carbonyl (C=O) groups excluding carboxylic acids is 1. The maximum atomic E-state index is 12.9. The summed E-state index contributed by atoms with van der Waals surface area (Å²) in [6, 6.07) is 14.2. The van der Waals surface area contributed by atoms with Crippen molar-refractivity contribution in [3.63, 3.8) is 0 Å². The standard InChI is InChI=1S/C18H20N4O3/c19-9-13-10-21(11-15(13)12-5-2-1-3-6-12)18(23)14-7-4-8-16(17(14)20)22(24)25/h1-8,13,15H,9-11,19-20H2/t13-,15+/m1/s1. The number of hydrogen-bond donors (Lipinski definition) is 2. The van der Waals surface area contributed by atoms with Crippen molar-refractivity contribution in [1.29, 1.82) is 0 Å². The fourth-order valence-corrected chi connectivity index (χ4v) is 3.42. The Bertz CT molecular complexity index is 794. The first-order valence-corrected chi connectivity index (χ1v) is 8.10. The van der Waals surface area contributed by atoms with Crippen LogP contribution in [0.5, 0.6) is 0 Å². The highest BCUT2D eigenvalue weighted by Crippen LogP contribution is 2.34. The Balaban J connectivity index is 1.87. The summed E-state index contributed by atoms with van der Waals surface area (Å²) in [6.45, 7) is 1.50. The number of benzene rings is 2. The number of nitro benzene ring substituents is 1. The van der Waals surface area contributed by atoms with Gasteiger partial charge in [0.2, 0.25) is 0 Å². The zero-order valence-corrected chi connectivity index (χ0v) is 13.7. The second-order valence-corrected chi connectivity index (χ2v) is 6.22. The quantitative estimate of drug-likeness (QED) is 0.502. The molecule has 25 heavy (non-hydrogen) atoms. The number of nitro groups is 1. The summed E-state index contributed by atoms with van der Waals surface area (Å²) in [5.41, 5.74) is 12.7. The zero-order valence-electron chi connectivity index (χ0n) is 13.7. The molecular formula is C18H20N4O3. The Morgan fingerprint density at radius 2 is 1.88 bits per heavy atom. The highest BCUT2D eigenvalue weighted by atomic mass is 16.6. The lowest BCUT2D eigenvalue weighted by atomic mass is 9.89. The van der Waals surface area contributed by atoms with Gasteiger partial charge in [-0.1, -0.05) is 36.4 Å². The SMILES string of the molecule is NC[C@@H]1CN(C(=O)c2cccc([N+](=O)[O-])c2N)C[C@H]1c1ccccc1. The number of rotatable bonds is 4. The van der Waals surface area contributed by atoms with Gasteiger partial charge in [0.25, 0.3) is 11.6 Å². The van der Waals surface area contributed by atoms with Gasteiger partial charge in [0.1, 0.15) is 5.69 Å².